The third-order valence-corrected chi connectivity index (χ3v) is 2.74. The van der Waals surface area contributed by atoms with Crippen LogP contribution in [-0.2, 0) is 4.79 Å². The first-order valence-corrected chi connectivity index (χ1v) is 4.42. The number of nitrogens with two attached hydrogens (primary N) is 1. The molecule has 1 aromatic heterocycles. The van der Waals surface area contributed by atoms with Crippen LogP contribution in [0.5, 0.6) is 0 Å². The van der Waals surface area contributed by atoms with Crippen molar-refractivity contribution < 1.29 is 4.79 Å². The molecule has 3 unspecified atom stereocenters. The maximum atomic E-state index is 11.0. The van der Waals surface area contributed by atoms with Gasteiger partial charge in [0.1, 0.15) is 0 Å². The third-order valence-electron chi connectivity index (χ3n) is 2.74. The fourth-order valence-corrected chi connectivity index (χ4v) is 1.93. The molecule has 1 amide bonds. The minimum absolute atomic E-state index is 0.00472. The molecule has 1 aliphatic carbocycles. The Labute approximate surface area is 77.0 Å². The van der Waals surface area contributed by atoms with Crippen LogP contribution in [0.25, 0.3) is 0 Å². The van der Waals surface area contributed by atoms with Crippen molar-refractivity contribution in [1.29, 1.82) is 0 Å². The van der Waals surface area contributed by atoms with Gasteiger partial charge in [-0.25, -0.2) is 0 Å². The molecule has 0 spiro atoms. The molecule has 2 N–H and O–H groups in total. The van der Waals surface area contributed by atoms with E-state index in [4.69, 9.17) is 5.73 Å². The molecule has 3 heteroatoms. The number of primary amides is 1. The van der Waals surface area contributed by atoms with E-state index in [1.807, 2.05) is 25.1 Å². The van der Waals surface area contributed by atoms with Crippen molar-refractivity contribution in [2.75, 3.05) is 0 Å². The molecule has 1 heterocycles. The van der Waals surface area contributed by atoms with Crippen molar-refractivity contribution in [3.63, 3.8) is 0 Å². The number of hydrogen-bond donors (Lipinski definition) is 1. The summed E-state index contributed by atoms with van der Waals surface area (Å²) in [6.07, 6.45) is 1.75. The number of hydrogen-bond acceptors (Lipinski definition) is 2. The topological polar surface area (TPSA) is 56.0 Å². The Balaban J connectivity index is 2.18. The molecule has 0 aromatic carbocycles. The Kier molecular flexibility index (Phi) is 1.79. The van der Waals surface area contributed by atoms with Gasteiger partial charge in [-0.15, -0.1) is 0 Å². The Morgan fingerprint density at radius 3 is 2.77 bits per heavy atom. The minimum Gasteiger partial charge on any atom is -0.369 e. The second-order valence-electron chi connectivity index (χ2n) is 3.57. The summed E-state index contributed by atoms with van der Waals surface area (Å²) in [6, 6.07) is 5.76. The predicted octanol–water partition coefficient (Wildman–Crippen LogP) is 0.916. The quantitative estimate of drug-likeness (QED) is 0.728. The molecule has 68 valence electrons. The van der Waals surface area contributed by atoms with E-state index in [1.165, 1.54) is 0 Å². The molecule has 3 nitrogen and oxygen atoms in total. The maximum absolute atomic E-state index is 11.0. The summed E-state index contributed by atoms with van der Waals surface area (Å²) in [5.41, 5.74) is 6.23. The summed E-state index contributed by atoms with van der Waals surface area (Å²) in [7, 11) is 0. The zero-order valence-corrected chi connectivity index (χ0v) is 7.47. The summed E-state index contributed by atoms with van der Waals surface area (Å²) in [5.74, 6) is 0.393. The molecule has 0 bridgehead atoms. The number of pyridine rings is 1. The highest BCUT2D eigenvalue weighted by Gasteiger charge is 2.52. The van der Waals surface area contributed by atoms with E-state index < -0.39 is 0 Å². The van der Waals surface area contributed by atoms with Gasteiger partial charge in [-0.2, -0.15) is 0 Å². The van der Waals surface area contributed by atoms with Gasteiger partial charge in [0.2, 0.25) is 5.91 Å². The Hall–Kier alpha value is -1.38. The number of nitrogens with zero attached hydrogens (tertiary/aromatic N) is 1. The van der Waals surface area contributed by atoms with Crippen LogP contribution >= 0.6 is 0 Å². The van der Waals surface area contributed by atoms with Gasteiger partial charge in [0.05, 0.1) is 0 Å². The summed E-state index contributed by atoms with van der Waals surface area (Å²) >= 11 is 0. The molecule has 1 aliphatic rings. The van der Waals surface area contributed by atoms with E-state index in [0.717, 1.165) is 5.69 Å². The van der Waals surface area contributed by atoms with Crippen molar-refractivity contribution in [3.8, 4) is 0 Å². The van der Waals surface area contributed by atoms with Gasteiger partial charge in [-0.3, -0.25) is 9.78 Å². The van der Waals surface area contributed by atoms with E-state index in [0.29, 0.717) is 5.92 Å². The lowest BCUT2D eigenvalue weighted by Crippen LogP contribution is -2.14. The van der Waals surface area contributed by atoms with Crippen LogP contribution in [0, 0.1) is 11.8 Å². The fraction of sp³-hybridized carbons (Fsp3) is 0.400. The number of carbonyl (C=O) groups excluding carboxylic acids is 1. The molecular weight excluding hydrogens is 164 g/mol. The Morgan fingerprint density at radius 1 is 1.54 bits per heavy atom. The molecule has 0 saturated heterocycles. The summed E-state index contributed by atoms with van der Waals surface area (Å²) in [6.45, 7) is 2.04. The zero-order chi connectivity index (χ0) is 9.42. The van der Waals surface area contributed by atoms with Crippen LogP contribution in [0.2, 0.25) is 0 Å². The van der Waals surface area contributed by atoms with Crippen LogP contribution in [0.3, 0.4) is 0 Å². The van der Waals surface area contributed by atoms with Gasteiger partial charge < -0.3 is 5.73 Å². The van der Waals surface area contributed by atoms with Crippen LogP contribution in [0.1, 0.15) is 18.5 Å². The highest BCUT2D eigenvalue weighted by molar-refractivity contribution is 5.81. The SMILES string of the molecule is CC1C(C(N)=O)C1c1ccccn1. The maximum Gasteiger partial charge on any atom is 0.221 e. The number of carbonyl (C=O) groups is 1. The monoisotopic (exact) mass is 176 g/mol. The molecule has 13 heavy (non-hydrogen) atoms. The summed E-state index contributed by atoms with van der Waals surface area (Å²) in [4.78, 5) is 15.2. The summed E-state index contributed by atoms with van der Waals surface area (Å²) in [5, 5.41) is 0. The number of rotatable bonds is 2. The fourth-order valence-electron chi connectivity index (χ4n) is 1.93. The second kappa shape index (κ2) is 2.83. The van der Waals surface area contributed by atoms with Crippen LogP contribution in [0.15, 0.2) is 24.4 Å². The average molecular weight is 176 g/mol. The van der Waals surface area contributed by atoms with Crippen molar-refractivity contribution in [1.82, 2.24) is 4.98 Å². The van der Waals surface area contributed by atoms with Crippen molar-refractivity contribution in [3.05, 3.63) is 30.1 Å². The first kappa shape index (κ1) is 8.23. The molecule has 1 saturated carbocycles. The van der Waals surface area contributed by atoms with E-state index >= 15 is 0 Å². The highest BCUT2D eigenvalue weighted by Crippen LogP contribution is 2.52. The lowest BCUT2D eigenvalue weighted by Gasteiger charge is -1.95. The average Bonchev–Trinajstić information content (AvgIpc) is 2.79. The Bertz CT molecular complexity index is 323. The van der Waals surface area contributed by atoms with E-state index in [2.05, 4.69) is 4.98 Å². The largest absolute Gasteiger partial charge is 0.369 e. The summed E-state index contributed by atoms with van der Waals surface area (Å²) < 4.78 is 0. The van der Waals surface area contributed by atoms with Crippen molar-refractivity contribution in [2.45, 2.75) is 12.8 Å². The van der Waals surface area contributed by atoms with Gasteiger partial charge in [0.25, 0.3) is 0 Å². The van der Waals surface area contributed by atoms with Gasteiger partial charge in [0.15, 0.2) is 0 Å². The first-order valence-electron chi connectivity index (χ1n) is 4.42. The molecule has 2 rings (SSSR count). The standard InChI is InChI=1S/C10H12N2O/c1-6-8(9(6)10(11)13)7-4-2-3-5-12-7/h2-6,8-9H,1H3,(H2,11,13). The zero-order valence-electron chi connectivity index (χ0n) is 7.47. The number of aromatic nitrogens is 1. The first-order chi connectivity index (χ1) is 6.22. The van der Waals surface area contributed by atoms with E-state index in [1.54, 1.807) is 6.20 Å². The van der Waals surface area contributed by atoms with E-state index in [9.17, 15) is 4.79 Å². The normalized spacial score (nSPS) is 31.3. The molecule has 1 aromatic rings. The van der Waals surface area contributed by atoms with Crippen molar-refractivity contribution in [2.24, 2.45) is 17.6 Å². The lowest BCUT2D eigenvalue weighted by atomic mass is 10.2. The van der Waals surface area contributed by atoms with Crippen molar-refractivity contribution >= 4 is 5.91 Å². The third kappa shape index (κ3) is 1.30. The van der Waals surface area contributed by atoms with Gasteiger partial charge in [-0.1, -0.05) is 13.0 Å². The molecule has 1 fully saturated rings. The Morgan fingerprint density at radius 2 is 2.31 bits per heavy atom. The smallest absolute Gasteiger partial charge is 0.221 e. The molecule has 0 radical (unpaired) electrons. The van der Waals surface area contributed by atoms with Gasteiger partial charge >= 0.3 is 0 Å². The van der Waals surface area contributed by atoms with Gasteiger partial charge in [-0.05, 0) is 18.1 Å². The second-order valence-corrected chi connectivity index (χ2v) is 3.57. The van der Waals surface area contributed by atoms with Crippen LogP contribution < -0.4 is 5.73 Å². The molecule has 0 aliphatic heterocycles. The van der Waals surface area contributed by atoms with Gasteiger partial charge in [0, 0.05) is 23.7 Å². The van der Waals surface area contributed by atoms with Crippen LogP contribution in [-0.4, -0.2) is 10.9 Å². The molecule has 3 atom stereocenters. The molecular formula is C10H12N2O. The minimum atomic E-state index is -0.205. The predicted molar refractivity (Wildman–Crippen MR) is 48.8 cm³/mol. The lowest BCUT2D eigenvalue weighted by molar-refractivity contribution is -0.119. The van der Waals surface area contributed by atoms with E-state index in [-0.39, 0.29) is 17.7 Å². The number of amides is 1. The highest BCUT2D eigenvalue weighted by atomic mass is 16.1. The van der Waals surface area contributed by atoms with Crippen LogP contribution in [0.4, 0.5) is 0 Å².